The molecule has 0 aromatic heterocycles. The summed E-state index contributed by atoms with van der Waals surface area (Å²) in [7, 11) is 0. The van der Waals surface area contributed by atoms with Crippen LogP contribution in [0.1, 0.15) is 6.92 Å². The molecular weight excluding hydrogens is 146 g/mol. The minimum atomic E-state index is -0.359. The summed E-state index contributed by atoms with van der Waals surface area (Å²) < 4.78 is 0. The SMILES string of the molecule is CC(=O)NCC(=O)NCC#N. The zero-order chi connectivity index (χ0) is 8.69. The van der Waals surface area contributed by atoms with Crippen molar-refractivity contribution in [3.05, 3.63) is 0 Å². The fourth-order valence-corrected chi connectivity index (χ4v) is 0.405. The van der Waals surface area contributed by atoms with E-state index in [1.807, 2.05) is 0 Å². The predicted molar refractivity (Wildman–Crippen MR) is 37.3 cm³/mol. The van der Waals surface area contributed by atoms with Gasteiger partial charge in [0.1, 0.15) is 6.54 Å². The molecule has 5 heteroatoms. The Bertz CT molecular complexity index is 194. The maximum atomic E-state index is 10.6. The van der Waals surface area contributed by atoms with Crippen LogP contribution in [0.5, 0.6) is 0 Å². The molecule has 0 unspecified atom stereocenters. The van der Waals surface area contributed by atoms with Crippen molar-refractivity contribution < 1.29 is 9.59 Å². The highest BCUT2D eigenvalue weighted by atomic mass is 16.2. The molecule has 5 nitrogen and oxygen atoms in total. The molecule has 60 valence electrons. The van der Waals surface area contributed by atoms with Gasteiger partial charge in [-0.05, 0) is 0 Å². The van der Waals surface area contributed by atoms with Gasteiger partial charge < -0.3 is 10.6 Å². The van der Waals surface area contributed by atoms with Crippen LogP contribution in [0.4, 0.5) is 0 Å². The largest absolute Gasteiger partial charge is 0.347 e. The smallest absolute Gasteiger partial charge is 0.240 e. The molecule has 2 N–H and O–H groups in total. The molecule has 0 aliphatic carbocycles. The van der Waals surface area contributed by atoms with E-state index in [1.54, 1.807) is 6.07 Å². The first-order valence-corrected chi connectivity index (χ1v) is 3.05. The summed E-state index contributed by atoms with van der Waals surface area (Å²) >= 11 is 0. The molecule has 0 aromatic rings. The number of hydrogen-bond acceptors (Lipinski definition) is 3. The van der Waals surface area contributed by atoms with Gasteiger partial charge in [0.15, 0.2) is 0 Å². The Morgan fingerprint density at radius 3 is 2.55 bits per heavy atom. The van der Waals surface area contributed by atoms with Crippen LogP contribution in [0.3, 0.4) is 0 Å². The number of carbonyl (C=O) groups is 2. The molecule has 0 aromatic carbocycles. The zero-order valence-electron chi connectivity index (χ0n) is 6.18. The lowest BCUT2D eigenvalue weighted by molar-refractivity contribution is -0.124. The van der Waals surface area contributed by atoms with Crippen molar-refractivity contribution in [3.63, 3.8) is 0 Å². The van der Waals surface area contributed by atoms with Gasteiger partial charge >= 0.3 is 0 Å². The van der Waals surface area contributed by atoms with Gasteiger partial charge in [-0.3, -0.25) is 9.59 Å². The van der Waals surface area contributed by atoms with Crippen LogP contribution in [0.25, 0.3) is 0 Å². The van der Waals surface area contributed by atoms with E-state index in [0.29, 0.717) is 0 Å². The molecule has 0 atom stereocenters. The second-order valence-electron chi connectivity index (χ2n) is 1.84. The summed E-state index contributed by atoms with van der Waals surface area (Å²) in [5.41, 5.74) is 0. The van der Waals surface area contributed by atoms with Crippen molar-refractivity contribution >= 4 is 11.8 Å². The third-order valence-corrected chi connectivity index (χ3v) is 0.863. The maximum Gasteiger partial charge on any atom is 0.240 e. The maximum absolute atomic E-state index is 10.6. The van der Waals surface area contributed by atoms with Crippen LogP contribution < -0.4 is 10.6 Å². The van der Waals surface area contributed by atoms with Gasteiger partial charge in [0, 0.05) is 6.92 Å². The van der Waals surface area contributed by atoms with Gasteiger partial charge in [-0.1, -0.05) is 0 Å². The molecule has 0 spiro atoms. The van der Waals surface area contributed by atoms with E-state index in [2.05, 4.69) is 10.6 Å². The van der Waals surface area contributed by atoms with E-state index in [0.717, 1.165) is 0 Å². The third kappa shape index (κ3) is 6.31. The van der Waals surface area contributed by atoms with Crippen LogP contribution in [0.2, 0.25) is 0 Å². The van der Waals surface area contributed by atoms with Gasteiger partial charge in [-0.25, -0.2) is 0 Å². The molecule has 0 rings (SSSR count). The van der Waals surface area contributed by atoms with Crippen LogP contribution in [0.15, 0.2) is 0 Å². The van der Waals surface area contributed by atoms with Gasteiger partial charge in [-0.2, -0.15) is 5.26 Å². The molecule has 0 bridgehead atoms. The molecule has 0 radical (unpaired) electrons. The topological polar surface area (TPSA) is 82.0 Å². The van der Waals surface area contributed by atoms with E-state index in [9.17, 15) is 9.59 Å². The number of rotatable bonds is 3. The van der Waals surface area contributed by atoms with Crippen molar-refractivity contribution in [1.82, 2.24) is 10.6 Å². The number of nitriles is 1. The molecule has 0 saturated carbocycles. The highest BCUT2D eigenvalue weighted by Gasteiger charge is 1.98. The Labute approximate surface area is 64.4 Å². The lowest BCUT2D eigenvalue weighted by Crippen LogP contribution is -2.35. The van der Waals surface area contributed by atoms with Crippen LogP contribution in [-0.2, 0) is 9.59 Å². The van der Waals surface area contributed by atoms with E-state index < -0.39 is 0 Å². The Morgan fingerprint density at radius 2 is 2.09 bits per heavy atom. The molecule has 2 amide bonds. The van der Waals surface area contributed by atoms with Gasteiger partial charge in [-0.15, -0.1) is 0 Å². The van der Waals surface area contributed by atoms with Crippen molar-refractivity contribution in [2.24, 2.45) is 0 Å². The number of nitrogens with one attached hydrogen (secondary N) is 2. The summed E-state index contributed by atoms with van der Waals surface area (Å²) in [5, 5.41) is 12.6. The van der Waals surface area contributed by atoms with Crippen LogP contribution >= 0.6 is 0 Å². The minimum Gasteiger partial charge on any atom is -0.347 e. The average Bonchev–Trinajstić information content (AvgIpc) is 1.97. The normalized spacial score (nSPS) is 8.00. The van der Waals surface area contributed by atoms with Gasteiger partial charge in [0.2, 0.25) is 11.8 Å². The summed E-state index contributed by atoms with van der Waals surface area (Å²) in [6.45, 7) is 1.22. The molecule has 0 aliphatic rings. The fraction of sp³-hybridized carbons (Fsp3) is 0.500. The first-order chi connectivity index (χ1) is 5.16. The Balaban J connectivity index is 3.39. The Morgan fingerprint density at radius 1 is 1.45 bits per heavy atom. The highest BCUT2D eigenvalue weighted by Crippen LogP contribution is 1.64. The quantitative estimate of drug-likeness (QED) is 0.500. The molecular formula is C6H9N3O2. The van der Waals surface area contributed by atoms with Gasteiger partial charge in [0.05, 0.1) is 12.6 Å². The monoisotopic (exact) mass is 155 g/mol. The van der Waals surface area contributed by atoms with E-state index >= 15 is 0 Å². The molecule has 0 fully saturated rings. The highest BCUT2D eigenvalue weighted by molar-refractivity contribution is 5.83. The molecule has 0 saturated heterocycles. The van der Waals surface area contributed by atoms with E-state index in [4.69, 9.17) is 5.26 Å². The predicted octanol–water partition coefficient (Wildman–Crippen LogP) is -1.24. The van der Waals surface area contributed by atoms with Crippen molar-refractivity contribution in [1.29, 1.82) is 5.26 Å². The Hall–Kier alpha value is -1.57. The summed E-state index contributed by atoms with van der Waals surface area (Å²) in [6.07, 6.45) is 0. The van der Waals surface area contributed by atoms with Gasteiger partial charge in [0.25, 0.3) is 0 Å². The number of nitrogens with zero attached hydrogens (tertiary/aromatic N) is 1. The summed E-state index contributed by atoms with van der Waals surface area (Å²) in [4.78, 5) is 20.9. The minimum absolute atomic E-state index is 0.0293. The summed E-state index contributed by atoms with van der Waals surface area (Å²) in [5.74, 6) is -0.626. The third-order valence-electron chi connectivity index (χ3n) is 0.863. The van der Waals surface area contributed by atoms with Crippen molar-refractivity contribution in [2.45, 2.75) is 6.92 Å². The summed E-state index contributed by atoms with van der Waals surface area (Å²) in [6, 6.07) is 1.74. The number of carbonyl (C=O) groups excluding carboxylic acids is 2. The molecule has 11 heavy (non-hydrogen) atoms. The second-order valence-corrected chi connectivity index (χ2v) is 1.84. The first-order valence-electron chi connectivity index (χ1n) is 3.05. The zero-order valence-corrected chi connectivity index (χ0v) is 6.18. The fourth-order valence-electron chi connectivity index (χ4n) is 0.405. The van der Waals surface area contributed by atoms with Crippen LogP contribution in [0, 0.1) is 11.3 Å². The second kappa shape index (κ2) is 5.23. The van der Waals surface area contributed by atoms with Crippen molar-refractivity contribution in [3.8, 4) is 6.07 Å². The number of hydrogen-bond donors (Lipinski definition) is 2. The molecule has 0 aliphatic heterocycles. The van der Waals surface area contributed by atoms with E-state index in [-0.39, 0.29) is 24.9 Å². The van der Waals surface area contributed by atoms with E-state index in [1.165, 1.54) is 6.92 Å². The lowest BCUT2D eigenvalue weighted by Gasteiger charge is -2.00. The average molecular weight is 155 g/mol. The molecule has 0 heterocycles. The van der Waals surface area contributed by atoms with Crippen LogP contribution in [-0.4, -0.2) is 24.9 Å². The first kappa shape index (κ1) is 9.43. The Kier molecular flexibility index (Phi) is 4.49. The standard InChI is InChI=1S/C6H9N3O2/c1-5(10)9-4-6(11)8-3-2-7/h3-4H2,1H3,(H,8,11)(H,9,10). The number of amides is 2. The van der Waals surface area contributed by atoms with Crippen molar-refractivity contribution in [2.75, 3.05) is 13.1 Å². The lowest BCUT2D eigenvalue weighted by atomic mass is 10.5.